The molecule has 4 atom stereocenters. The largest absolute Gasteiger partial charge is 0.364 e. The van der Waals surface area contributed by atoms with Crippen molar-refractivity contribution in [1.29, 1.82) is 0 Å². The van der Waals surface area contributed by atoms with E-state index in [0.29, 0.717) is 6.42 Å². The van der Waals surface area contributed by atoms with Crippen LogP contribution in [-0.2, 0) is 19.5 Å². The molecule has 1 saturated heterocycles. The number of anilines is 1. The van der Waals surface area contributed by atoms with E-state index < -0.39 is 15.8 Å². The molecule has 1 aliphatic carbocycles. The Kier molecular flexibility index (Phi) is 4.54. The first kappa shape index (κ1) is 17.5. The van der Waals surface area contributed by atoms with Gasteiger partial charge in [-0.15, -0.1) is 0 Å². The second-order valence-electron chi connectivity index (χ2n) is 7.01. The molecule has 9 heteroatoms. The van der Waals surface area contributed by atoms with Crippen LogP contribution < -0.4 is 10.5 Å². The summed E-state index contributed by atoms with van der Waals surface area (Å²) in [6, 6.07) is 1.87. The monoisotopic (exact) mass is 356 g/mol. The van der Waals surface area contributed by atoms with Crippen molar-refractivity contribution >= 4 is 15.8 Å². The van der Waals surface area contributed by atoms with Gasteiger partial charge in [-0.05, 0) is 39.5 Å². The lowest BCUT2D eigenvalue weighted by Gasteiger charge is -2.24. The van der Waals surface area contributed by atoms with E-state index in [-0.39, 0.29) is 29.9 Å². The molecular formula is C15H24N4O4S. The number of nitrogens with one attached hydrogen (secondary N) is 1. The zero-order valence-corrected chi connectivity index (χ0v) is 14.9. The van der Waals surface area contributed by atoms with E-state index in [2.05, 4.69) is 15.3 Å². The van der Waals surface area contributed by atoms with Gasteiger partial charge in [-0.3, -0.25) is 0 Å². The predicted molar refractivity (Wildman–Crippen MR) is 88.7 cm³/mol. The Bertz CT molecular complexity index is 709. The third-order valence-electron chi connectivity index (χ3n) is 4.49. The van der Waals surface area contributed by atoms with Gasteiger partial charge in [-0.1, -0.05) is 0 Å². The van der Waals surface area contributed by atoms with Crippen molar-refractivity contribution in [3.8, 4) is 0 Å². The molecule has 2 fully saturated rings. The minimum absolute atomic E-state index is 0.00319. The maximum absolute atomic E-state index is 11.3. The lowest BCUT2D eigenvalue weighted by Crippen LogP contribution is -2.34. The molecule has 0 amide bonds. The summed E-state index contributed by atoms with van der Waals surface area (Å²) in [5.41, 5.74) is 0.872. The molecule has 2 heterocycles. The van der Waals surface area contributed by atoms with E-state index in [4.69, 9.17) is 14.6 Å². The molecule has 2 aliphatic rings. The molecule has 0 unspecified atom stereocenters. The summed E-state index contributed by atoms with van der Waals surface area (Å²) in [7, 11) is -3.49. The Morgan fingerprint density at radius 1 is 1.33 bits per heavy atom. The van der Waals surface area contributed by atoms with E-state index in [1.807, 2.05) is 26.8 Å². The number of nitrogens with two attached hydrogens (primary N) is 1. The van der Waals surface area contributed by atoms with E-state index in [9.17, 15) is 8.42 Å². The molecule has 1 aromatic rings. The number of aromatic nitrogens is 2. The molecule has 3 rings (SSSR count). The SMILES string of the molecule is Cc1cc(N[C@@H]2C[C@H](CCS(N)(=O)=O)[C@H]3OC(C)(C)O[C@H]32)ncn1. The van der Waals surface area contributed by atoms with Gasteiger partial charge in [0.05, 0.1) is 17.9 Å². The lowest BCUT2D eigenvalue weighted by atomic mass is 10.0. The summed E-state index contributed by atoms with van der Waals surface area (Å²) < 4.78 is 34.6. The summed E-state index contributed by atoms with van der Waals surface area (Å²) >= 11 is 0. The molecule has 0 aromatic carbocycles. The van der Waals surface area contributed by atoms with Crippen LogP contribution in [-0.4, -0.2) is 48.2 Å². The van der Waals surface area contributed by atoms with Crippen molar-refractivity contribution in [3.63, 3.8) is 0 Å². The molecule has 3 N–H and O–H groups in total. The molecule has 134 valence electrons. The smallest absolute Gasteiger partial charge is 0.209 e. The standard InChI is InChI=1S/C15H24N4O4S/c1-9-6-12(18-8-17-9)19-11-7-10(4-5-24(16,20)21)13-14(11)23-15(2,3)22-13/h6,8,10-11,13-14H,4-5,7H2,1-3H3,(H2,16,20,21)(H,17,18,19)/t10-,11+,13+,14-/m0/s1. The summed E-state index contributed by atoms with van der Waals surface area (Å²) in [6.45, 7) is 5.64. The lowest BCUT2D eigenvalue weighted by molar-refractivity contribution is -0.157. The molecule has 1 aromatic heterocycles. The number of fused-ring (bicyclic) bond motifs is 1. The maximum Gasteiger partial charge on any atom is 0.209 e. The average molecular weight is 356 g/mol. The number of nitrogens with zero attached hydrogens (tertiary/aromatic N) is 2. The Morgan fingerprint density at radius 3 is 2.71 bits per heavy atom. The number of ether oxygens (including phenoxy) is 2. The van der Waals surface area contributed by atoms with Crippen LogP contribution in [0.1, 0.15) is 32.4 Å². The van der Waals surface area contributed by atoms with Crippen LogP contribution in [0.4, 0.5) is 5.82 Å². The van der Waals surface area contributed by atoms with Crippen LogP contribution in [0.15, 0.2) is 12.4 Å². The van der Waals surface area contributed by atoms with Crippen LogP contribution in [0.2, 0.25) is 0 Å². The van der Waals surface area contributed by atoms with Gasteiger partial charge >= 0.3 is 0 Å². The average Bonchev–Trinajstić information content (AvgIpc) is 2.91. The van der Waals surface area contributed by atoms with Crippen LogP contribution in [0.25, 0.3) is 0 Å². The van der Waals surface area contributed by atoms with Gasteiger partial charge in [0.2, 0.25) is 10.0 Å². The van der Waals surface area contributed by atoms with Gasteiger partial charge < -0.3 is 14.8 Å². The number of sulfonamides is 1. The van der Waals surface area contributed by atoms with E-state index in [1.54, 1.807) is 0 Å². The fourth-order valence-corrected chi connectivity index (χ4v) is 4.18. The zero-order valence-electron chi connectivity index (χ0n) is 14.1. The molecule has 1 saturated carbocycles. The van der Waals surface area contributed by atoms with E-state index >= 15 is 0 Å². The minimum Gasteiger partial charge on any atom is -0.364 e. The van der Waals surface area contributed by atoms with E-state index in [1.165, 1.54) is 6.33 Å². The fraction of sp³-hybridized carbons (Fsp3) is 0.733. The van der Waals surface area contributed by atoms with Crippen LogP contribution in [0.3, 0.4) is 0 Å². The zero-order chi connectivity index (χ0) is 17.5. The minimum atomic E-state index is -3.49. The van der Waals surface area contributed by atoms with Crippen molar-refractivity contribution in [2.45, 2.75) is 57.6 Å². The molecule has 0 spiro atoms. The summed E-state index contributed by atoms with van der Waals surface area (Å²) in [6.07, 6.45) is 2.41. The first-order chi connectivity index (χ1) is 11.1. The van der Waals surface area contributed by atoms with Gasteiger partial charge in [0.15, 0.2) is 5.79 Å². The van der Waals surface area contributed by atoms with Crippen LogP contribution in [0.5, 0.6) is 0 Å². The highest BCUT2D eigenvalue weighted by atomic mass is 32.2. The van der Waals surface area contributed by atoms with Crippen LogP contribution >= 0.6 is 0 Å². The Labute approximate surface area is 142 Å². The van der Waals surface area contributed by atoms with Gasteiger partial charge in [0.25, 0.3) is 0 Å². The van der Waals surface area contributed by atoms with Crippen molar-refractivity contribution in [3.05, 3.63) is 18.1 Å². The number of hydrogen-bond donors (Lipinski definition) is 2. The van der Waals surface area contributed by atoms with Gasteiger partial charge in [-0.2, -0.15) is 0 Å². The molecule has 0 bridgehead atoms. The molecule has 0 radical (unpaired) electrons. The highest BCUT2D eigenvalue weighted by molar-refractivity contribution is 7.89. The number of aryl methyl sites for hydroxylation is 1. The first-order valence-corrected chi connectivity index (χ1v) is 9.76. The van der Waals surface area contributed by atoms with E-state index in [0.717, 1.165) is 17.9 Å². The molecule has 1 aliphatic heterocycles. The third-order valence-corrected chi connectivity index (χ3v) is 5.30. The highest BCUT2D eigenvalue weighted by Gasteiger charge is 2.53. The maximum atomic E-state index is 11.3. The second kappa shape index (κ2) is 6.21. The van der Waals surface area contributed by atoms with Gasteiger partial charge in [0.1, 0.15) is 18.2 Å². The van der Waals surface area contributed by atoms with Crippen molar-refractivity contribution < 1.29 is 17.9 Å². The van der Waals surface area contributed by atoms with Crippen LogP contribution in [0, 0.1) is 12.8 Å². The normalized spacial score (nSPS) is 31.8. The third kappa shape index (κ3) is 4.02. The molecular weight excluding hydrogens is 332 g/mol. The highest BCUT2D eigenvalue weighted by Crippen LogP contribution is 2.43. The van der Waals surface area contributed by atoms with Gasteiger partial charge in [0, 0.05) is 11.8 Å². The van der Waals surface area contributed by atoms with Crippen molar-refractivity contribution in [1.82, 2.24) is 9.97 Å². The van der Waals surface area contributed by atoms with Crippen molar-refractivity contribution in [2.75, 3.05) is 11.1 Å². The van der Waals surface area contributed by atoms with Crippen molar-refractivity contribution in [2.24, 2.45) is 11.1 Å². The Hall–Kier alpha value is -1.29. The number of primary sulfonamides is 1. The first-order valence-electron chi connectivity index (χ1n) is 8.04. The summed E-state index contributed by atoms with van der Waals surface area (Å²) in [5.74, 6) is 0.0587. The molecule has 24 heavy (non-hydrogen) atoms. The summed E-state index contributed by atoms with van der Waals surface area (Å²) in [5, 5.41) is 8.53. The Morgan fingerprint density at radius 2 is 2.04 bits per heavy atom. The molecule has 8 nitrogen and oxygen atoms in total. The number of rotatable bonds is 5. The Balaban J connectivity index is 1.75. The predicted octanol–water partition coefficient (Wildman–Crippen LogP) is 0.784. The number of hydrogen-bond acceptors (Lipinski definition) is 7. The van der Waals surface area contributed by atoms with Gasteiger partial charge in [-0.25, -0.2) is 23.5 Å². The topological polar surface area (TPSA) is 116 Å². The quantitative estimate of drug-likeness (QED) is 0.801. The summed E-state index contributed by atoms with van der Waals surface area (Å²) in [4.78, 5) is 8.32. The second-order valence-corrected chi connectivity index (χ2v) is 8.75. The fourth-order valence-electron chi connectivity index (χ4n) is 3.55.